The Bertz CT molecular complexity index is 287. The lowest BCUT2D eigenvalue weighted by Gasteiger charge is -2.34. The van der Waals surface area contributed by atoms with Crippen LogP contribution in [0, 0.1) is 11.8 Å². The van der Waals surface area contributed by atoms with Crippen LogP contribution in [0.5, 0.6) is 0 Å². The molecule has 1 aliphatic heterocycles. The van der Waals surface area contributed by atoms with Gasteiger partial charge in [-0.05, 0) is 58.2 Å². The second-order valence-corrected chi connectivity index (χ2v) is 6.24. The van der Waals surface area contributed by atoms with Gasteiger partial charge in [-0.2, -0.15) is 0 Å². The van der Waals surface area contributed by atoms with E-state index in [1.165, 1.54) is 0 Å². The Morgan fingerprint density at radius 3 is 2.50 bits per heavy atom. The lowest BCUT2D eigenvalue weighted by molar-refractivity contribution is -0.127. The summed E-state index contributed by atoms with van der Waals surface area (Å²) < 4.78 is 0. The second-order valence-electron chi connectivity index (χ2n) is 6.24. The molecule has 0 aromatic rings. The van der Waals surface area contributed by atoms with Gasteiger partial charge in [-0.15, -0.1) is 0 Å². The summed E-state index contributed by atoms with van der Waals surface area (Å²) in [6.45, 7) is 4.37. The first-order valence-electron chi connectivity index (χ1n) is 7.30. The zero-order valence-electron chi connectivity index (χ0n) is 11.7. The highest BCUT2D eigenvalue weighted by Gasteiger charge is 2.30. The Morgan fingerprint density at radius 1 is 1.22 bits per heavy atom. The number of hydrogen-bond acceptors (Lipinski definition) is 3. The van der Waals surface area contributed by atoms with Crippen molar-refractivity contribution in [2.24, 2.45) is 17.6 Å². The number of likely N-dealkylation sites (tertiary alicyclic amines) is 1. The van der Waals surface area contributed by atoms with Crippen LogP contribution in [0.4, 0.5) is 0 Å². The molecule has 3 unspecified atom stereocenters. The molecule has 18 heavy (non-hydrogen) atoms. The van der Waals surface area contributed by atoms with Gasteiger partial charge < -0.3 is 16.0 Å². The Hall–Kier alpha value is -0.610. The molecule has 0 aromatic heterocycles. The number of rotatable bonds is 2. The molecule has 2 fully saturated rings. The average molecular weight is 253 g/mol. The first-order valence-corrected chi connectivity index (χ1v) is 7.30. The topological polar surface area (TPSA) is 58.4 Å². The van der Waals surface area contributed by atoms with E-state index in [9.17, 15) is 4.79 Å². The van der Waals surface area contributed by atoms with E-state index in [1.807, 2.05) is 0 Å². The van der Waals surface area contributed by atoms with Crippen LogP contribution in [0.25, 0.3) is 0 Å². The molecule has 2 rings (SSSR count). The van der Waals surface area contributed by atoms with E-state index in [4.69, 9.17) is 5.73 Å². The predicted molar refractivity (Wildman–Crippen MR) is 73.1 cm³/mol. The van der Waals surface area contributed by atoms with Gasteiger partial charge in [0.05, 0.1) is 0 Å². The van der Waals surface area contributed by atoms with Gasteiger partial charge in [0, 0.05) is 18.0 Å². The number of piperidine rings is 1. The van der Waals surface area contributed by atoms with Crippen LogP contribution in [0.3, 0.4) is 0 Å². The minimum absolute atomic E-state index is 0.149. The minimum Gasteiger partial charge on any atom is -0.353 e. The Balaban J connectivity index is 1.78. The average Bonchev–Trinajstić information content (AvgIpc) is 2.35. The van der Waals surface area contributed by atoms with Crippen molar-refractivity contribution in [2.45, 2.75) is 51.1 Å². The van der Waals surface area contributed by atoms with E-state index in [-0.39, 0.29) is 17.9 Å². The van der Waals surface area contributed by atoms with E-state index in [1.54, 1.807) is 0 Å². The molecule has 0 spiro atoms. The van der Waals surface area contributed by atoms with Crippen molar-refractivity contribution < 1.29 is 4.79 Å². The minimum atomic E-state index is 0.149. The molecule has 1 aliphatic carbocycles. The van der Waals surface area contributed by atoms with E-state index >= 15 is 0 Å². The molecule has 0 radical (unpaired) electrons. The van der Waals surface area contributed by atoms with Crippen molar-refractivity contribution in [2.75, 3.05) is 20.1 Å². The summed E-state index contributed by atoms with van der Waals surface area (Å²) in [6, 6.07) is 0.580. The van der Waals surface area contributed by atoms with Gasteiger partial charge in [-0.3, -0.25) is 4.79 Å². The predicted octanol–water partition coefficient (Wildman–Crippen LogP) is 0.960. The maximum atomic E-state index is 12.2. The summed E-state index contributed by atoms with van der Waals surface area (Å²) in [5, 5.41) is 3.22. The molecule has 0 aromatic carbocycles. The van der Waals surface area contributed by atoms with Crippen molar-refractivity contribution >= 4 is 5.91 Å². The summed E-state index contributed by atoms with van der Waals surface area (Å²) in [5.74, 6) is 0.958. The molecule has 3 atom stereocenters. The molecule has 4 heteroatoms. The summed E-state index contributed by atoms with van der Waals surface area (Å²) in [5.41, 5.74) is 6.07. The van der Waals surface area contributed by atoms with Gasteiger partial charge in [0.2, 0.25) is 5.91 Å². The van der Waals surface area contributed by atoms with Crippen molar-refractivity contribution in [3.05, 3.63) is 0 Å². The molecule has 4 nitrogen and oxygen atoms in total. The van der Waals surface area contributed by atoms with Crippen LogP contribution >= 0.6 is 0 Å². The molecule has 1 saturated heterocycles. The zero-order valence-corrected chi connectivity index (χ0v) is 11.7. The van der Waals surface area contributed by atoms with E-state index in [2.05, 4.69) is 24.2 Å². The van der Waals surface area contributed by atoms with Crippen molar-refractivity contribution in [1.29, 1.82) is 0 Å². The van der Waals surface area contributed by atoms with Crippen LogP contribution in [-0.4, -0.2) is 43.0 Å². The lowest BCUT2D eigenvalue weighted by atomic mass is 9.79. The highest BCUT2D eigenvalue weighted by Crippen LogP contribution is 2.28. The molecular weight excluding hydrogens is 226 g/mol. The maximum absolute atomic E-state index is 12.2. The smallest absolute Gasteiger partial charge is 0.223 e. The summed E-state index contributed by atoms with van der Waals surface area (Å²) in [6.07, 6.45) is 5.12. The summed E-state index contributed by atoms with van der Waals surface area (Å²) in [4.78, 5) is 14.5. The van der Waals surface area contributed by atoms with Gasteiger partial charge >= 0.3 is 0 Å². The molecule has 2 aliphatic rings. The van der Waals surface area contributed by atoms with E-state index in [0.29, 0.717) is 12.0 Å². The SMILES string of the molecule is CC1CCC(C(=O)NC2CCN(C)CC2)CC1N. The standard InChI is InChI=1S/C14H27N3O/c1-10-3-4-11(9-13(10)15)14(18)16-12-5-7-17(2)8-6-12/h10-13H,3-9,15H2,1-2H3,(H,16,18). The Morgan fingerprint density at radius 2 is 1.89 bits per heavy atom. The quantitative estimate of drug-likeness (QED) is 0.770. The van der Waals surface area contributed by atoms with Crippen LogP contribution in [0.2, 0.25) is 0 Å². The summed E-state index contributed by atoms with van der Waals surface area (Å²) >= 11 is 0. The fraction of sp³-hybridized carbons (Fsp3) is 0.929. The third-order valence-corrected chi connectivity index (χ3v) is 4.69. The van der Waals surface area contributed by atoms with Crippen LogP contribution in [-0.2, 0) is 4.79 Å². The number of carbonyl (C=O) groups excluding carboxylic acids is 1. The molecule has 104 valence electrons. The first kappa shape index (κ1) is 13.8. The molecular formula is C14H27N3O. The molecule has 3 N–H and O–H groups in total. The number of nitrogens with zero attached hydrogens (tertiary/aromatic N) is 1. The fourth-order valence-electron chi connectivity index (χ4n) is 3.07. The maximum Gasteiger partial charge on any atom is 0.223 e. The van der Waals surface area contributed by atoms with Crippen LogP contribution in [0.1, 0.15) is 39.0 Å². The largest absolute Gasteiger partial charge is 0.353 e. The molecule has 1 saturated carbocycles. The number of hydrogen-bond donors (Lipinski definition) is 2. The highest BCUT2D eigenvalue weighted by atomic mass is 16.1. The fourth-order valence-corrected chi connectivity index (χ4v) is 3.07. The van der Waals surface area contributed by atoms with Gasteiger partial charge in [0.15, 0.2) is 0 Å². The Kier molecular flexibility index (Phi) is 4.62. The number of nitrogens with two attached hydrogens (primary N) is 1. The normalized spacial score (nSPS) is 35.4. The Labute approximate surface area is 110 Å². The molecule has 0 bridgehead atoms. The molecule has 1 heterocycles. The third kappa shape index (κ3) is 3.45. The van der Waals surface area contributed by atoms with Crippen LogP contribution < -0.4 is 11.1 Å². The lowest BCUT2D eigenvalue weighted by Crippen LogP contribution is -2.47. The van der Waals surface area contributed by atoms with Gasteiger partial charge in [0.25, 0.3) is 0 Å². The zero-order chi connectivity index (χ0) is 13.1. The molecule has 1 amide bonds. The second kappa shape index (κ2) is 6.02. The third-order valence-electron chi connectivity index (χ3n) is 4.69. The number of amides is 1. The summed E-state index contributed by atoms with van der Waals surface area (Å²) in [7, 11) is 2.14. The van der Waals surface area contributed by atoms with Crippen molar-refractivity contribution in [3.8, 4) is 0 Å². The van der Waals surface area contributed by atoms with E-state index in [0.717, 1.165) is 45.2 Å². The van der Waals surface area contributed by atoms with Gasteiger partial charge in [-0.1, -0.05) is 6.92 Å². The first-order chi connectivity index (χ1) is 8.56. The van der Waals surface area contributed by atoms with Crippen LogP contribution in [0.15, 0.2) is 0 Å². The van der Waals surface area contributed by atoms with Crippen molar-refractivity contribution in [1.82, 2.24) is 10.2 Å². The van der Waals surface area contributed by atoms with Crippen molar-refractivity contribution in [3.63, 3.8) is 0 Å². The highest BCUT2D eigenvalue weighted by molar-refractivity contribution is 5.79. The monoisotopic (exact) mass is 253 g/mol. The number of nitrogens with one attached hydrogen (secondary N) is 1. The van der Waals surface area contributed by atoms with Gasteiger partial charge in [0.1, 0.15) is 0 Å². The number of carbonyl (C=O) groups is 1. The van der Waals surface area contributed by atoms with E-state index < -0.39 is 0 Å². The van der Waals surface area contributed by atoms with Gasteiger partial charge in [-0.25, -0.2) is 0 Å².